The molecule has 2 heterocycles. The molecular weight excluding hydrogens is 377 g/mol. The Balaban J connectivity index is 2.01. The Morgan fingerprint density at radius 1 is 1.32 bits per heavy atom. The fourth-order valence-corrected chi connectivity index (χ4v) is 3.10. The van der Waals surface area contributed by atoms with Crippen LogP contribution in [-0.4, -0.2) is 29.9 Å². The first-order valence-electron chi connectivity index (χ1n) is 8.59. The van der Waals surface area contributed by atoms with E-state index in [0.29, 0.717) is 27.3 Å². The Hall–Kier alpha value is -3.12. The van der Waals surface area contributed by atoms with Gasteiger partial charge >= 0.3 is 0 Å². The number of benzene rings is 1. The van der Waals surface area contributed by atoms with Crippen LogP contribution >= 0.6 is 11.6 Å². The van der Waals surface area contributed by atoms with Gasteiger partial charge in [-0.05, 0) is 43.5 Å². The Labute approximate surface area is 167 Å². The van der Waals surface area contributed by atoms with Gasteiger partial charge in [0.2, 0.25) is 0 Å². The topological polar surface area (TPSA) is 62.5 Å². The average molecular weight is 396 g/mol. The van der Waals surface area contributed by atoms with Crippen molar-refractivity contribution in [3.63, 3.8) is 0 Å². The van der Waals surface area contributed by atoms with Crippen LogP contribution in [0.25, 0.3) is 16.6 Å². The highest BCUT2D eigenvalue weighted by molar-refractivity contribution is 6.34. The number of nitrogens with zero attached hydrogens (tertiary/aromatic N) is 4. The number of halogens is 2. The molecule has 5 nitrogen and oxygen atoms in total. The van der Waals surface area contributed by atoms with Gasteiger partial charge in [-0.1, -0.05) is 17.7 Å². The van der Waals surface area contributed by atoms with Crippen LogP contribution in [-0.2, 0) is 0 Å². The van der Waals surface area contributed by atoms with Crippen molar-refractivity contribution in [2.24, 2.45) is 9.98 Å². The SMILES string of the molecule is C=N/C=C(\C=N/C)c1ccc(F)c([C@@H](C)Nc2c(Cl)cnc3cccnc23)c1. The van der Waals surface area contributed by atoms with Gasteiger partial charge < -0.3 is 5.32 Å². The van der Waals surface area contributed by atoms with Gasteiger partial charge in [0.1, 0.15) is 11.3 Å². The summed E-state index contributed by atoms with van der Waals surface area (Å²) in [6, 6.07) is 8.14. The monoisotopic (exact) mass is 395 g/mol. The summed E-state index contributed by atoms with van der Waals surface area (Å²) in [5.41, 5.74) is 3.95. The van der Waals surface area contributed by atoms with E-state index in [-0.39, 0.29) is 11.9 Å². The number of pyridine rings is 2. The number of hydrogen-bond acceptors (Lipinski definition) is 5. The average Bonchev–Trinajstić information content (AvgIpc) is 2.70. The van der Waals surface area contributed by atoms with Crippen LogP contribution < -0.4 is 5.32 Å². The van der Waals surface area contributed by atoms with Crippen LogP contribution in [0.4, 0.5) is 10.1 Å². The zero-order valence-corrected chi connectivity index (χ0v) is 16.3. The molecule has 3 aromatic rings. The van der Waals surface area contributed by atoms with Gasteiger partial charge in [-0.2, -0.15) is 0 Å². The van der Waals surface area contributed by atoms with Gasteiger partial charge in [0, 0.05) is 43.0 Å². The van der Waals surface area contributed by atoms with E-state index in [4.69, 9.17) is 11.6 Å². The molecule has 0 aliphatic carbocycles. The van der Waals surface area contributed by atoms with E-state index in [1.54, 1.807) is 50.1 Å². The van der Waals surface area contributed by atoms with Crippen molar-refractivity contribution in [3.8, 4) is 0 Å². The van der Waals surface area contributed by atoms with E-state index >= 15 is 0 Å². The van der Waals surface area contributed by atoms with Crippen molar-refractivity contribution in [2.45, 2.75) is 13.0 Å². The molecule has 28 heavy (non-hydrogen) atoms. The molecule has 0 amide bonds. The predicted molar refractivity (Wildman–Crippen MR) is 115 cm³/mol. The highest BCUT2D eigenvalue weighted by atomic mass is 35.5. The van der Waals surface area contributed by atoms with Gasteiger partial charge in [-0.15, -0.1) is 0 Å². The quantitative estimate of drug-likeness (QED) is 0.573. The standard InChI is InChI=1S/C21H19ClFN5/c1-13(28-20-17(22)12-27-19-5-4-8-26-21(19)20)16-9-14(6-7-18(16)23)15(10-24-2)11-25-3/h4-13H,2H2,1,3H3,(H,27,28)/b15-10+,25-11-/t13-/m1/s1. The van der Waals surface area contributed by atoms with E-state index in [9.17, 15) is 4.39 Å². The number of nitrogens with one attached hydrogen (secondary N) is 1. The fourth-order valence-electron chi connectivity index (χ4n) is 2.90. The maximum Gasteiger partial charge on any atom is 0.128 e. The minimum absolute atomic E-state index is 0.328. The van der Waals surface area contributed by atoms with Crippen LogP contribution in [0.15, 0.2) is 58.9 Å². The van der Waals surface area contributed by atoms with Crippen LogP contribution in [0.2, 0.25) is 5.02 Å². The number of allylic oxidation sites excluding steroid dienone is 1. The number of hydrogen-bond donors (Lipinski definition) is 1. The molecule has 0 saturated heterocycles. The summed E-state index contributed by atoms with van der Waals surface area (Å²) in [4.78, 5) is 16.4. The molecule has 0 spiro atoms. The molecule has 0 aliphatic rings. The minimum Gasteiger partial charge on any atom is -0.375 e. The molecule has 1 aromatic carbocycles. The van der Waals surface area contributed by atoms with Gasteiger partial charge in [-0.25, -0.2) is 4.39 Å². The lowest BCUT2D eigenvalue weighted by Gasteiger charge is -2.19. The van der Waals surface area contributed by atoms with Crippen molar-refractivity contribution in [2.75, 3.05) is 12.4 Å². The summed E-state index contributed by atoms with van der Waals surface area (Å²) in [6.07, 6.45) is 6.46. The first kappa shape index (κ1) is 19.6. The Bertz CT molecular complexity index is 1080. The lowest BCUT2D eigenvalue weighted by molar-refractivity contribution is 0.600. The van der Waals surface area contributed by atoms with Crippen molar-refractivity contribution in [1.82, 2.24) is 9.97 Å². The molecule has 7 heteroatoms. The predicted octanol–water partition coefficient (Wildman–Crippen LogP) is 5.34. The summed E-state index contributed by atoms with van der Waals surface area (Å²) in [6.45, 7) is 5.33. The molecule has 0 fully saturated rings. The fraction of sp³-hybridized carbons (Fsp3) is 0.143. The minimum atomic E-state index is -0.374. The third-order valence-corrected chi connectivity index (χ3v) is 4.52. The largest absolute Gasteiger partial charge is 0.375 e. The summed E-state index contributed by atoms with van der Waals surface area (Å²) in [5.74, 6) is -0.328. The summed E-state index contributed by atoms with van der Waals surface area (Å²) in [5, 5.41) is 3.70. The summed E-state index contributed by atoms with van der Waals surface area (Å²) in [7, 11) is 1.66. The Morgan fingerprint density at radius 3 is 2.89 bits per heavy atom. The lowest BCUT2D eigenvalue weighted by Crippen LogP contribution is -2.10. The van der Waals surface area contributed by atoms with Crippen LogP contribution in [0, 0.1) is 5.82 Å². The Morgan fingerprint density at radius 2 is 2.14 bits per heavy atom. The first-order valence-corrected chi connectivity index (χ1v) is 8.96. The summed E-state index contributed by atoms with van der Waals surface area (Å²) < 4.78 is 14.6. The zero-order chi connectivity index (χ0) is 20.1. The van der Waals surface area contributed by atoms with Crippen molar-refractivity contribution < 1.29 is 4.39 Å². The molecule has 0 aliphatic heterocycles. The zero-order valence-electron chi connectivity index (χ0n) is 15.5. The van der Waals surface area contributed by atoms with Gasteiger partial charge in [0.25, 0.3) is 0 Å². The molecule has 0 unspecified atom stereocenters. The highest BCUT2D eigenvalue weighted by Crippen LogP contribution is 2.32. The molecule has 2 aromatic heterocycles. The number of anilines is 1. The first-order chi connectivity index (χ1) is 13.5. The second kappa shape index (κ2) is 8.71. The van der Waals surface area contributed by atoms with E-state index in [1.807, 2.05) is 13.0 Å². The van der Waals surface area contributed by atoms with E-state index in [1.165, 1.54) is 6.07 Å². The van der Waals surface area contributed by atoms with Gasteiger partial charge in [-0.3, -0.25) is 20.0 Å². The number of aliphatic imine (C=N–C) groups is 2. The maximum atomic E-state index is 14.6. The number of aromatic nitrogens is 2. The Kier molecular flexibility index (Phi) is 6.11. The van der Waals surface area contributed by atoms with E-state index in [2.05, 4.69) is 32.0 Å². The molecule has 1 N–H and O–H groups in total. The van der Waals surface area contributed by atoms with E-state index in [0.717, 1.165) is 11.1 Å². The normalized spacial score (nSPS) is 13.1. The lowest BCUT2D eigenvalue weighted by atomic mass is 10.00. The smallest absolute Gasteiger partial charge is 0.128 e. The second-order valence-corrected chi connectivity index (χ2v) is 6.52. The highest BCUT2D eigenvalue weighted by Gasteiger charge is 2.16. The van der Waals surface area contributed by atoms with Gasteiger partial charge in [0.15, 0.2) is 0 Å². The summed E-state index contributed by atoms with van der Waals surface area (Å²) >= 11 is 6.33. The molecular formula is C21H19ClFN5. The molecule has 1 atom stereocenters. The van der Waals surface area contributed by atoms with Crippen molar-refractivity contribution in [1.29, 1.82) is 0 Å². The molecule has 0 saturated carbocycles. The van der Waals surface area contributed by atoms with Crippen molar-refractivity contribution in [3.05, 3.63) is 70.9 Å². The third-order valence-electron chi connectivity index (χ3n) is 4.23. The van der Waals surface area contributed by atoms with Crippen molar-refractivity contribution >= 4 is 46.8 Å². The number of rotatable bonds is 6. The third kappa shape index (κ3) is 4.07. The number of fused-ring (bicyclic) bond motifs is 1. The van der Waals surface area contributed by atoms with Crippen LogP contribution in [0.3, 0.4) is 0 Å². The molecule has 0 radical (unpaired) electrons. The van der Waals surface area contributed by atoms with Gasteiger partial charge in [0.05, 0.1) is 22.3 Å². The molecule has 142 valence electrons. The second-order valence-electron chi connectivity index (χ2n) is 6.11. The maximum absolute atomic E-state index is 14.6. The molecule has 3 rings (SSSR count). The van der Waals surface area contributed by atoms with E-state index < -0.39 is 0 Å². The molecule has 0 bridgehead atoms. The van der Waals surface area contributed by atoms with Crippen LogP contribution in [0.5, 0.6) is 0 Å². The van der Waals surface area contributed by atoms with Crippen LogP contribution in [0.1, 0.15) is 24.1 Å².